The van der Waals surface area contributed by atoms with Crippen molar-refractivity contribution < 1.29 is 8.91 Å². The summed E-state index contributed by atoms with van der Waals surface area (Å²) in [6, 6.07) is 4.93. The van der Waals surface area contributed by atoms with Crippen LogP contribution < -0.4 is 4.90 Å². The average Bonchev–Trinajstić information content (AvgIpc) is 3.10. The van der Waals surface area contributed by atoms with Crippen LogP contribution in [0.5, 0.6) is 0 Å². The van der Waals surface area contributed by atoms with Gasteiger partial charge in [0.25, 0.3) is 0 Å². The molecule has 7 nitrogen and oxygen atoms in total. The van der Waals surface area contributed by atoms with Crippen LogP contribution in [0.25, 0.3) is 10.9 Å². The van der Waals surface area contributed by atoms with Gasteiger partial charge >= 0.3 is 0 Å². The van der Waals surface area contributed by atoms with E-state index in [1.54, 1.807) is 12.1 Å². The Morgan fingerprint density at radius 3 is 2.76 bits per heavy atom. The minimum Gasteiger partial charge on any atom is -0.353 e. The fourth-order valence-electron chi connectivity index (χ4n) is 3.11. The monoisotopic (exact) mass is 342 g/mol. The Kier molecular flexibility index (Phi) is 4.27. The highest BCUT2D eigenvalue weighted by Crippen LogP contribution is 2.26. The van der Waals surface area contributed by atoms with Gasteiger partial charge in [-0.1, -0.05) is 18.1 Å². The van der Waals surface area contributed by atoms with E-state index < -0.39 is 0 Å². The molecule has 0 amide bonds. The van der Waals surface area contributed by atoms with Crippen LogP contribution in [-0.4, -0.2) is 51.2 Å². The number of rotatable bonds is 4. The number of anilines is 1. The lowest BCUT2D eigenvalue weighted by molar-refractivity contribution is 0.239. The number of fused-ring (bicyclic) bond motifs is 1. The number of benzene rings is 1. The fraction of sp³-hybridized carbons (Fsp3) is 0.412. The third kappa shape index (κ3) is 3.17. The van der Waals surface area contributed by atoms with Gasteiger partial charge in [-0.05, 0) is 12.1 Å². The zero-order valence-corrected chi connectivity index (χ0v) is 14.0. The smallest absolute Gasteiger partial charge is 0.226 e. The van der Waals surface area contributed by atoms with E-state index in [0.29, 0.717) is 35.0 Å². The zero-order valence-electron chi connectivity index (χ0n) is 14.0. The van der Waals surface area contributed by atoms with Gasteiger partial charge in [0.05, 0.1) is 17.4 Å². The van der Waals surface area contributed by atoms with Gasteiger partial charge in [-0.3, -0.25) is 4.90 Å². The molecule has 0 saturated carbocycles. The highest BCUT2D eigenvalue weighted by atomic mass is 19.1. The van der Waals surface area contributed by atoms with E-state index in [1.807, 2.05) is 6.92 Å². The van der Waals surface area contributed by atoms with Crippen molar-refractivity contribution in [1.29, 1.82) is 0 Å². The van der Waals surface area contributed by atoms with E-state index in [4.69, 9.17) is 4.52 Å². The summed E-state index contributed by atoms with van der Waals surface area (Å²) in [6.07, 6.45) is 2.24. The van der Waals surface area contributed by atoms with Crippen LogP contribution >= 0.6 is 0 Å². The Hall–Kier alpha value is -2.61. The van der Waals surface area contributed by atoms with Crippen molar-refractivity contribution in [2.75, 3.05) is 31.1 Å². The lowest BCUT2D eigenvalue weighted by Gasteiger charge is -2.35. The summed E-state index contributed by atoms with van der Waals surface area (Å²) >= 11 is 0. The van der Waals surface area contributed by atoms with Gasteiger partial charge in [0, 0.05) is 32.6 Å². The molecular formula is C17H19FN6O. The third-order valence-corrected chi connectivity index (χ3v) is 4.44. The summed E-state index contributed by atoms with van der Waals surface area (Å²) in [5.41, 5.74) is 0.631. The van der Waals surface area contributed by atoms with E-state index in [2.05, 4.69) is 29.9 Å². The number of piperazine rings is 1. The molecule has 0 atom stereocenters. The second kappa shape index (κ2) is 6.72. The SMILES string of the molecule is CCc1nc(CN2CCN(c3ncnc4cccc(F)c34)CC2)no1. The molecule has 1 aliphatic rings. The largest absolute Gasteiger partial charge is 0.353 e. The van der Waals surface area contributed by atoms with Gasteiger partial charge in [0.2, 0.25) is 5.89 Å². The fourth-order valence-corrected chi connectivity index (χ4v) is 3.11. The molecule has 3 aromatic rings. The Morgan fingerprint density at radius 1 is 1.16 bits per heavy atom. The Morgan fingerprint density at radius 2 is 2.00 bits per heavy atom. The molecule has 25 heavy (non-hydrogen) atoms. The predicted octanol–water partition coefficient (Wildman–Crippen LogP) is 2.04. The van der Waals surface area contributed by atoms with E-state index in [9.17, 15) is 4.39 Å². The first-order chi connectivity index (χ1) is 12.2. The van der Waals surface area contributed by atoms with Crippen molar-refractivity contribution in [1.82, 2.24) is 25.0 Å². The summed E-state index contributed by atoms with van der Waals surface area (Å²) < 4.78 is 19.4. The van der Waals surface area contributed by atoms with Crippen molar-refractivity contribution in [3.63, 3.8) is 0 Å². The number of aromatic nitrogens is 4. The van der Waals surface area contributed by atoms with Gasteiger partial charge in [-0.25, -0.2) is 14.4 Å². The van der Waals surface area contributed by atoms with Crippen molar-refractivity contribution in [2.24, 2.45) is 0 Å². The van der Waals surface area contributed by atoms with Gasteiger partial charge in [0.15, 0.2) is 5.82 Å². The summed E-state index contributed by atoms with van der Waals surface area (Å²) in [7, 11) is 0. The minimum atomic E-state index is -0.283. The molecule has 1 aromatic carbocycles. The molecule has 0 radical (unpaired) electrons. The standard InChI is InChI=1S/C17H19FN6O/c1-2-15-21-14(22-25-15)10-23-6-8-24(9-7-23)17-16-12(18)4-3-5-13(16)19-11-20-17/h3-5,11H,2,6-10H2,1H3. The Bertz CT molecular complexity index is 869. The maximum atomic E-state index is 14.3. The molecule has 130 valence electrons. The highest BCUT2D eigenvalue weighted by molar-refractivity contribution is 5.89. The average molecular weight is 342 g/mol. The summed E-state index contributed by atoms with van der Waals surface area (Å²) in [5, 5.41) is 4.49. The molecule has 3 heterocycles. The van der Waals surface area contributed by atoms with Gasteiger partial charge in [0.1, 0.15) is 18.0 Å². The van der Waals surface area contributed by atoms with Crippen LogP contribution in [0.15, 0.2) is 29.0 Å². The number of halogens is 1. The van der Waals surface area contributed by atoms with Crippen LogP contribution in [0.3, 0.4) is 0 Å². The van der Waals surface area contributed by atoms with Crippen LogP contribution in [0.4, 0.5) is 10.2 Å². The third-order valence-electron chi connectivity index (χ3n) is 4.44. The molecule has 4 rings (SSSR count). The number of nitrogens with zero attached hydrogens (tertiary/aromatic N) is 6. The number of aryl methyl sites for hydroxylation is 1. The van der Waals surface area contributed by atoms with E-state index in [1.165, 1.54) is 12.4 Å². The molecule has 1 fully saturated rings. The molecule has 0 spiro atoms. The molecule has 0 bridgehead atoms. The van der Waals surface area contributed by atoms with Crippen molar-refractivity contribution >= 4 is 16.7 Å². The molecular weight excluding hydrogens is 323 g/mol. The quantitative estimate of drug-likeness (QED) is 0.718. The summed E-state index contributed by atoms with van der Waals surface area (Å²) in [4.78, 5) is 17.2. The molecule has 2 aromatic heterocycles. The Balaban J connectivity index is 1.47. The van der Waals surface area contributed by atoms with Gasteiger partial charge in [-0.15, -0.1) is 0 Å². The molecule has 0 aliphatic carbocycles. The van der Waals surface area contributed by atoms with Crippen LogP contribution in [-0.2, 0) is 13.0 Å². The van der Waals surface area contributed by atoms with Crippen LogP contribution in [0.2, 0.25) is 0 Å². The molecule has 0 N–H and O–H groups in total. The minimum absolute atomic E-state index is 0.283. The molecule has 0 unspecified atom stereocenters. The first-order valence-corrected chi connectivity index (χ1v) is 8.42. The zero-order chi connectivity index (χ0) is 17.2. The normalized spacial score (nSPS) is 15.8. The van der Waals surface area contributed by atoms with E-state index in [0.717, 1.165) is 32.6 Å². The number of hydrogen-bond acceptors (Lipinski definition) is 7. The Labute approximate surface area is 144 Å². The first kappa shape index (κ1) is 15.9. The van der Waals surface area contributed by atoms with E-state index >= 15 is 0 Å². The maximum Gasteiger partial charge on any atom is 0.226 e. The van der Waals surface area contributed by atoms with Gasteiger partial charge < -0.3 is 9.42 Å². The van der Waals surface area contributed by atoms with Crippen molar-refractivity contribution in [2.45, 2.75) is 19.9 Å². The first-order valence-electron chi connectivity index (χ1n) is 8.42. The second-order valence-electron chi connectivity index (χ2n) is 6.05. The molecule has 1 saturated heterocycles. The summed E-state index contributed by atoms with van der Waals surface area (Å²) in [5.74, 6) is 1.75. The lowest BCUT2D eigenvalue weighted by Crippen LogP contribution is -2.46. The second-order valence-corrected chi connectivity index (χ2v) is 6.05. The van der Waals surface area contributed by atoms with Gasteiger partial charge in [-0.2, -0.15) is 4.98 Å². The van der Waals surface area contributed by atoms with E-state index in [-0.39, 0.29) is 5.82 Å². The van der Waals surface area contributed by atoms with Crippen LogP contribution in [0.1, 0.15) is 18.6 Å². The maximum absolute atomic E-state index is 14.3. The highest BCUT2D eigenvalue weighted by Gasteiger charge is 2.22. The van der Waals surface area contributed by atoms with Crippen LogP contribution in [0, 0.1) is 5.82 Å². The molecule has 1 aliphatic heterocycles. The van der Waals surface area contributed by atoms with Crippen molar-refractivity contribution in [3.05, 3.63) is 42.1 Å². The predicted molar refractivity (Wildman–Crippen MR) is 90.7 cm³/mol. The topological polar surface area (TPSA) is 71.2 Å². The number of hydrogen-bond donors (Lipinski definition) is 0. The summed E-state index contributed by atoms with van der Waals surface area (Å²) in [6.45, 7) is 5.83. The van der Waals surface area contributed by atoms with Crippen molar-refractivity contribution in [3.8, 4) is 0 Å². The lowest BCUT2D eigenvalue weighted by atomic mass is 10.2. The molecule has 8 heteroatoms.